The van der Waals surface area contributed by atoms with E-state index in [0.717, 1.165) is 0 Å². The van der Waals surface area contributed by atoms with E-state index in [-0.39, 0.29) is 42.5 Å². The molecule has 12 nitrogen and oxygen atoms in total. The van der Waals surface area contributed by atoms with Gasteiger partial charge in [-0.3, -0.25) is 9.59 Å². The number of hydrogen-bond donors (Lipinski definition) is 4. The Morgan fingerprint density at radius 1 is 1.02 bits per heavy atom. The molecule has 2 aromatic carbocycles. The van der Waals surface area contributed by atoms with E-state index >= 15 is 4.39 Å². The minimum absolute atomic E-state index is 0.0651. The Morgan fingerprint density at radius 3 is 2.37 bits per heavy atom. The molecule has 1 heterocycles. The van der Waals surface area contributed by atoms with Gasteiger partial charge in [0.15, 0.2) is 5.43 Å². The van der Waals surface area contributed by atoms with Gasteiger partial charge in [-0.15, -0.1) is 0 Å². The molecular formula is C33H43FN4O8. The fourth-order valence-electron chi connectivity index (χ4n) is 4.75. The number of ether oxygens (including phenoxy) is 3. The molecule has 250 valence electrons. The molecule has 1 aromatic heterocycles. The van der Waals surface area contributed by atoms with Gasteiger partial charge in [-0.25, -0.2) is 14.0 Å². The van der Waals surface area contributed by atoms with Gasteiger partial charge < -0.3 is 39.8 Å². The van der Waals surface area contributed by atoms with Gasteiger partial charge in [-0.05, 0) is 76.3 Å². The zero-order valence-corrected chi connectivity index (χ0v) is 26.9. The molecule has 46 heavy (non-hydrogen) atoms. The number of alkyl carbamates (subject to hydrolysis) is 1. The number of carbonyl (C=O) groups excluding carboxylic acids is 2. The molecule has 0 bridgehead atoms. The van der Waals surface area contributed by atoms with Crippen LogP contribution in [0.4, 0.5) is 14.0 Å². The van der Waals surface area contributed by atoms with E-state index in [9.17, 15) is 19.2 Å². The number of carboxylic acid groups (broad SMARTS) is 1. The smallest absolute Gasteiger partial charge is 0.408 e. The van der Waals surface area contributed by atoms with Gasteiger partial charge in [0.2, 0.25) is 5.91 Å². The van der Waals surface area contributed by atoms with Crippen molar-refractivity contribution in [2.75, 3.05) is 26.8 Å². The monoisotopic (exact) mass is 642 g/mol. The van der Waals surface area contributed by atoms with Crippen LogP contribution in [0.15, 0.2) is 47.4 Å². The summed E-state index contributed by atoms with van der Waals surface area (Å²) in [5.74, 6) is -0.244. The molecule has 1 atom stereocenters. The molecule has 0 radical (unpaired) electrons. The first-order chi connectivity index (χ1) is 21.8. The van der Waals surface area contributed by atoms with Crippen LogP contribution in [0.1, 0.15) is 53.4 Å². The van der Waals surface area contributed by atoms with Crippen LogP contribution in [0.5, 0.6) is 11.5 Å². The summed E-state index contributed by atoms with van der Waals surface area (Å²) < 4.78 is 33.4. The fraction of sp³-hybridized carbons (Fsp3) is 0.455. The minimum Gasteiger partial charge on any atom is -0.497 e. The van der Waals surface area contributed by atoms with Gasteiger partial charge in [0.25, 0.3) is 0 Å². The number of aromatic nitrogens is 1. The highest BCUT2D eigenvalue weighted by molar-refractivity contribution is 5.89. The SMILES string of the molecule is CCCOc1ccc(F)c2c(=O)c(-c3ccc(OC)cc3)cn(CCNC(=O)C(CCCCNC(=O)O)NC(=O)OC(C)(C)C)c12. The Morgan fingerprint density at radius 2 is 1.74 bits per heavy atom. The molecule has 3 rings (SSSR count). The van der Waals surface area contributed by atoms with Crippen molar-refractivity contribution in [2.24, 2.45) is 0 Å². The van der Waals surface area contributed by atoms with E-state index in [1.165, 1.54) is 19.2 Å². The summed E-state index contributed by atoms with van der Waals surface area (Å²) in [6.07, 6.45) is 1.53. The number of methoxy groups -OCH3 is 1. The molecular weight excluding hydrogens is 599 g/mol. The number of rotatable bonds is 15. The third-order valence-corrected chi connectivity index (χ3v) is 6.85. The van der Waals surface area contributed by atoms with E-state index in [1.54, 1.807) is 55.8 Å². The zero-order chi connectivity index (χ0) is 33.9. The van der Waals surface area contributed by atoms with E-state index in [2.05, 4.69) is 16.0 Å². The first-order valence-electron chi connectivity index (χ1n) is 15.2. The number of amides is 3. The molecule has 3 aromatic rings. The van der Waals surface area contributed by atoms with Gasteiger partial charge in [-0.1, -0.05) is 19.1 Å². The molecule has 4 N–H and O–H groups in total. The van der Waals surface area contributed by atoms with Crippen LogP contribution in [0.2, 0.25) is 0 Å². The average Bonchev–Trinajstić information content (AvgIpc) is 2.99. The Hall–Kier alpha value is -4.81. The normalized spacial score (nSPS) is 11.9. The van der Waals surface area contributed by atoms with Crippen LogP contribution in [0.25, 0.3) is 22.0 Å². The first kappa shape index (κ1) is 35.7. The third-order valence-electron chi connectivity index (χ3n) is 6.85. The third kappa shape index (κ3) is 10.1. The predicted molar refractivity (Wildman–Crippen MR) is 172 cm³/mol. The van der Waals surface area contributed by atoms with Crippen LogP contribution in [0.3, 0.4) is 0 Å². The lowest BCUT2D eigenvalue weighted by atomic mass is 10.0. The Kier molecular flexibility index (Phi) is 12.8. The van der Waals surface area contributed by atoms with Gasteiger partial charge in [-0.2, -0.15) is 0 Å². The molecule has 13 heteroatoms. The maximum atomic E-state index is 15.3. The molecule has 0 fully saturated rings. The Labute approximate surface area is 267 Å². The molecule has 0 aliphatic heterocycles. The van der Waals surface area contributed by atoms with Crippen LogP contribution in [-0.4, -0.2) is 66.2 Å². The molecule has 0 aliphatic rings. The van der Waals surface area contributed by atoms with Crippen molar-refractivity contribution in [3.05, 3.63) is 58.6 Å². The van der Waals surface area contributed by atoms with Gasteiger partial charge in [0, 0.05) is 31.4 Å². The Bertz CT molecular complexity index is 1570. The number of benzene rings is 2. The number of pyridine rings is 1. The van der Waals surface area contributed by atoms with Crippen LogP contribution in [-0.2, 0) is 16.1 Å². The number of carbonyl (C=O) groups is 3. The maximum Gasteiger partial charge on any atom is 0.408 e. The van der Waals surface area contributed by atoms with Crippen molar-refractivity contribution in [2.45, 2.75) is 71.6 Å². The largest absolute Gasteiger partial charge is 0.497 e. The van der Waals surface area contributed by atoms with Crippen molar-refractivity contribution in [3.8, 4) is 22.6 Å². The molecule has 0 aliphatic carbocycles. The van der Waals surface area contributed by atoms with Gasteiger partial charge in [0.05, 0.1) is 24.6 Å². The summed E-state index contributed by atoms with van der Waals surface area (Å²) in [6, 6.07) is 8.56. The van der Waals surface area contributed by atoms with Crippen molar-refractivity contribution in [1.82, 2.24) is 20.5 Å². The number of nitrogens with zero attached hydrogens (tertiary/aromatic N) is 1. The summed E-state index contributed by atoms with van der Waals surface area (Å²) in [6.45, 7) is 7.80. The molecule has 0 saturated heterocycles. The average molecular weight is 643 g/mol. The summed E-state index contributed by atoms with van der Waals surface area (Å²) in [5.41, 5.74) is -0.203. The molecule has 3 amide bonds. The maximum absolute atomic E-state index is 15.3. The highest BCUT2D eigenvalue weighted by Gasteiger charge is 2.24. The molecule has 0 saturated carbocycles. The Balaban J connectivity index is 1.90. The second-order valence-electron chi connectivity index (χ2n) is 11.6. The lowest BCUT2D eigenvalue weighted by Crippen LogP contribution is -2.48. The van der Waals surface area contributed by atoms with Crippen molar-refractivity contribution in [1.29, 1.82) is 0 Å². The first-order valence-corrected chi connectivity index (χ1v) is 15.2. The van der Waals surface area contributed by atoms with E-state index in [4.69, 9.17) is 19.3 Å². The summed E-state index contributed by atoms with van der Waals surface area (Å²) in [7, 11) is 1.53. The lowest BCUT2D eigenvalue weighted by Gasteiger charge is -2.23. The summed E-state index contributed by atoms with van der Waals surface area (Å²) in [4.78, 5) is 50.2. The van der Waals surface area contributed by atoms with E-state index < -0.39 is 41.0 Å². The zero-order valence-electron chi connectivity index (χ0n) is 26.9. The van der Waals surface area contributed by atoms with Crippen molar-refractivity contribution < 1.29 is 38.1 Å². The number of hydrogen-bond acceptors (Lipinski definition) is 7. The highest BCUT2D eigenvalue weighted by atomic mass is 19.1. The number of unbranched alkanes of at least 4 members (excludes halogenated alkanes) is 1. The highest BCUT2D eigenvalue weighted by Crippen LogP contribution is 2.30. The van der Waals surface area contributed by atoms with Gasteiger partial charge >= 0.3 is 12.2 Å². The molecule has 1 unspecified atom stereocenters. The number of halogens is 1. The van der Waals surface area contributed by atoms with Crippen molar-refractivity contribution >= 4 is 29.0 Å². The topological polar surface area (TPSA) is 157 Å². The summed E-state index contributed by atoms with van der Waals surface area (Å²) >= 11 is 0. The summed E-state index contributed by atoms with van der Waals surface area (Å²) in [5, 5.41) is 16.3. The van der Waals surface area contributed by atoms with E-state index in [0.29, 0.717) is 42.9 Å². The van der Waals surface area contributed by atoms with Crippen LogP contribution < -0.4 is 30.9 Å². The van der Waals surface area contributed by atoms with Crippen LogP contribution in [0, 0.1) is 5.82 Å². The molecule has 0 spiro atoms. The van der Waals surface area contributed by atoms with Crippen molar-refractivity contribution in [3.63, 3.8) is 0 Å². The minimum atomic E-state index is -1.14. The second kappa shape index (κ2) is 16.5. The standard InChI is InChI=1S/C33H43FN4O8/c1-6-19-45-26-15-14-24(34)27-28(26)38(20-23(29(27)39)21-10-12-22(44-5)13-11-21)18-17-35-30(40)25(9-7-8-16-36-31(41)42)37-32(43)46-33(2,3)4/h10-15,20,25,36H,6-9,16-19H2,1-5H3,(H,35,40)(H,37,43)(H,41,42). The number of nitrogens with one attached hydrogen (secondary N) is 3. The van der Waals surface area contributed by atoms with E-state index in [1.807, 2.05) is 6.92 Å². The lowest BCUT2D eigenvalue weighted by molar-refractivity contribution is -0.123. The second-order valence-corrected chi connectivity index (χ2v) is 11.6. The quantitative estimate of drug-likeness (QED) is 0.168. The predicted octanol–water partition coefficient (Wildman–Crippen LogP) is 5.05. The van der Waals surface area contributed by atoms with Crippen LogP contribution >= 0.6 is 0 Å². The fourth-order valence-corrected chi connectivity index (χ4v) is 4.75. The van der Waals surface area contributed by atoms with Gasteiger partial charge in [0.1, 0.15) is 29.0 Å². The number of fused-ring (bicyclic) bond motifs is 1.